The third-order valence-corrected chi connectivity index (χ3v) is 2.61. The molecule has 0 saturated heterocycles. The molecule has 1 N–H and O–H groups in total. The molecule has 0 amide bonds. The minimum Gasteiger partial charge on any atom is -0.354 e. The molecule has 0 aliphatic rings. The van der Waals surface area contributed by atoms with E-state index in [9.17, 15) is 14.5 Å². The monoisotopic (exact) mass is 276 g/mol. The average molecular weight is 276 g/mol. The van der Waals surface area contributed by atoms with Crippen molar-refractivity contribution in [2.45, 2.75) is 13.3 Å². The zero-order valence-corrected chi connectivity index (χ0v) is 10.8. The second-order valence-electron chi connectivity index (χ2n) is 4.12. The van der Waals surface area contributed by atoms with Gasteiger partial charge >= 0.3 is 0 Å². The smallest absolute Gasteiger partial charge is 0.270 e. The summed E-state index contributed by atoms with van der Waals surface area (Å²) in [4.78, 5) is 18.1. The lowest BCUT2D eigenvalue weighted by molar-refractivity contribution is -0.384. The molecule has 1 heterocycles. The fourth-order valence-corrected chi connectivity index (χ4v) is 1.66. The molecule has 0 bridgehead atoms. The van der Waals surface area contributed by atoms with Crippen LogP contribution in [0, 0.1) is 15.9 Å². The molecular formula is C13H13FN4O2. The Balaban J connectivity index is 2.40. The van der Waals surface area contributed by atoms with E-state index in [-0.39, 0.29) is 11.4 Å². The molecule has 0 aliphatic carbocycles. The van der Waals surface area contributed by atoms with Gasteiger partial charge in [0.1, 0.15) is 5.69 Å². The van der Waals surface area contributed by atoms with Crippen LogP contribution in [0.25, 0.3) is 11.3 Å². The van der Waals surface area contributed by atoms with Gasteiger partial charge in [-0.25, -0.2) is 14.4 Å². The maximum absolute atomic E-state index is 13.8. The predicted octanol–water partition coefficient (Wildman–Crippen LogP) is 3.01. The van der Waals surface area contributed by atoms with E-state index in [2.05, 4.69) is 15.3 Å². The summed E-state index contributed by atoms with van der Waals surface area (Å²) in [6.07, 6.45) is 1.94. The Kier molecular flexibility index (Phi) is 4.19. The summed E-state index contributed by atoms with van der Waals surface area (Å²) in [5, 5.41) is 13.7. The van der Waals surface area contributed by atoms with E-state index in [0.29, 0.717) is 18.1 Å². The van der Waals surface area contributed by atoms with Crippen molar-refractivity contribution in [1.82, 2.24) is 9.97 Å². The molecule has 1 aromatic carbocycles. The highest BCUT2D eigenvalue weighted by Crippen LogP contribution is 2.24. The summed E-state index contributed by atoms with van der Waals surface area (Å²) in [5.41, 5.74) is 0.282. The summed E-state index contributed by atoms with van der Waals surface area (Å²) in [6.45, 7) is 2.65. The first kappa shape index (κ1) is 13.9. The minimum absolute atomic E-state index is 0.0438. The van der Waals surface area contributed by atoms with Crippen LogP contribution in [0.5, 0.6) is 0 Å². The van der Waals surface area contributed by atoms with Crippen LogP contribution in [-0.4, -0.2) is 21.4 Å². The standard InChI is InChI=1S/C13H13FN4O2/c1-2-6-15-13-16-8-11(14)12(17-13)9-4-3-5-10(7-9)18(19)20/h3-5,7-8H,2,6H2,1H3,(H,15,16,17). The molecule has 0 saturated carbocycles. The highest BCUT2D eigenvalue weighted by atomic mass is 19.1. The Morgan fingerprint density at radius 2 is 2.25 bits per heavy atom. The lowest BCUT2D eigenvalue weighted by Crippen LogP contribution is -2.05. The van der Waals surface area contributed by atoms with Crippen LogP contribution in [0.3, 0.4) is 0 Å². The number of anilines is 1. The van der Waals surface area contributed by atoms with Crippen molar-refractivity contribution in [2.75, 3.05) is 11.9 Å². The number of nitrogens with one attached hydrogen (secondary N) is 1. The molecule has 0 radical (unpaired) electrons. The number of aromatic nitrogens is 2. The number of benzene rings is 1. The Morgan fingerprint density at radius 3 is 2.95 bits per heavy atom. The van der Waals surface area contributed by atoms with E-state index in [4.69, 9.17) is 0 Å². The first-order chi connectivity index (χ1) is 9.61. The van der Waals surface area contributed by atoms with E-state index < -0.39 is 10.7 Å². The van der Waals surface area contributed by atoms with Gasteiger partial charge in [-0.15, -0.1) is 0 Å². The topological polar surface area (TPSA) is 81.0 Å². The van der Waals surface area contributed by atoms with Crippen LogP contribution in [-0.2, 0) is 0 Å². The second-order valence-corrected chi connectivity index (χ2v) is 4.12. The zero-order chi connectivity index (χ0) is 14.5. The number of nitrogens with zero attached hydrogens (tertiary/aromatic N) is 3. The first-order valence-corrected chi connectivity index (χ1v) is 6.13. The van der Waals surface area contributed by atoms with E-state index in [1.165, 1.54) is 18.2 Å². The summed E-state index contributed by atoms with van der Waals surface area (Å²) in [5.74, 6) is -0.317. The van der Waals surface area contributed by atoms with Crippen molar-refractivity contribution in [2.24, 2.45) is 0 Å². The Morgan fingerprint density at radius 1 is 1.45 bits per heavy atom. The molecule has 0 spiro atoms. The molecule has 0 fully saturated rings. The number of hydrogen-bond acceptors (Lipinski definition) is 5. The third kappa shape index (κ3) is 3.05. The molecular weight excluding hydrogens is 263 g/mol. The van der Waals surface area contributed by atoms with Crippen LogP contribution in [0.4, 0.5) is 16.0 Å². The van der Waals surface area contributed by atoms with Crippen molar-refractivity contribution in [3.05, 3.63) is 46.4 Å². The summed E-state index contributed by atoms with van der Waals surface area (Å²) < 4.78 is 13.8. The minimum atomic E-state index is -0.618. The van der Waals surface area contributed by atoms with Crippen molar-refractivity contribution in [1.29, 1.82) is 0 Å². The highest BCUT2D eigenvalue weighted by Gasteiger charge is 2.13. The first-order valence-electron chi connectivity index (χ1n) is 6.13. The number of non-ortho nitro benzene ring substituents is 1. The van der Waals surface area contributed by atoms with E-state index in [1.807, 2.05) is 6.92 Å². The van der Waals surface area contributed by atoms with Gasteiger partial charge < -0.3 is 5.32 Å². The van der Waals surface area contributed by atoms with Gasteiger partial charge in [0.05, 0.1) is 11.1 Å². The molecule has 0 atom stereocenters. The Hall–Kier alpha value is -2.57. The summed E-state index contributed by atoms with van der Waals surface area (Å²) in [7, 11) is 0. The molecule has 1 aromatic heterocycles. The van der Waals surface area contributed by atoms with Crippen LogP contribution >= 0.6 is 0 Å². The molecule has 7 heteroatoms. The molecule has 20 heavy (non-hydrogen) atoms. The van der Waals surface area contributed by atoms with Gasteiger partial charge in [0.25, 0.3) is 5.69 Å². The maximum Gasteiger partial charge on any atom is 0.270 e. The van der Waals surface area contributed by atoms with Gasteiger partial charge in [-0.3, -0.25) is 10.1 Å². The number of rotatable bonds is 5. The normalized spacial score (nSPS) is 10.3. The van der Waals surface area contributed by atoms with Gasteiger partial charge in [0, 0.05) is 24.2 Å². The number of nitro groups is 1. The molecule has 2 aromatic rings. The highest BCUT2D eigenvalue weighted by molar-refractivity contribution is 5.63. The quantitative estimate of drug-likeness (QED) is 0.670. The fraction of sp³-hybridized carbons (Fsp3) is 0.231. The molecule has 0 unspecified atom stereocenters. The van der Waals surface area contributed by atoms with Gasteiger partial charge in [-0.2, -0.15) is 0 Å². The Bertz CT molecular complexity index is 634. The maximum atomic E-state index is 13.8. The lowest BCUT2D eigenvalue weighted by atomic mass is 10.1. The van der Waals surface area contributed by atoms with Crippen molar-refractivity contribution in [3.8, 4) is 11.3 Å². The second kappa shape index (κ2) is 6.05. The SMILES string of the molecule is CCCNc1ncc(F)c(-c2cccc([N+](=O)[O-])c2)n1. The van der Waals surface area contributed by atoms with E-state index >= 15 is 0 Å². The van der Waals surface area contributed by atoms with Gasteiger partial charge in [-0.1, -0.05) is 19.1 Å². The largest absolute Gasteiger partial charge is 0.354 e. The Labute approximate surface area is 114 Å². The van der Waals surface area contributed by atoms with Crippen molar-refractivity contribution < 1.29 is 9.31 Å². The van der Waals surface area contributed by atoms with E-state index in [1.54, 1.807) is 6.07 Å². The zero-order valence-electron chi connectivity index (χ0n) is 10.8. The van der Waals surface area contributed by atoms with Crippen LogP contribution in [0.2, 0.25) is 0 Å². The lowest BCUT2D eigenvalue weighted by Gasteiger charge is -2.06. The molecule has 2 rings (SSSR count). The molecule has 0 aliphatic heterocycles. The van der Waals surface area contributed by atoms with Crippen molar-refractivity contribution in [3.63, 3.8) is 0 Å². The van der Waals surface area contributed by atoms with Crippen LogP contribution < -0.4 is 5.32 Å². The van der Waals surface area contributed by atoms with Gasteiger partial charge in [-0.05, 0) is 6.42 Å². The van der Waals surface area contributed by atoms with Crippen LogP contribution in [0.15, 0.2) is 30.5 Å². The van der Waals surface area contributed by atoms with Crippen molar-refractivity contribution >= 4 is 11.6 Å². The number of hydrogen-bond donors (Lipinski definition) is 1. The number of halogens is 1. The fourth-order valence-electron chi connectivity index (χ4n) is 1.66. The number of nitro benzene ring substituents is 1. The van der Waals surface area contributed by atoms with E-state index in [0.717, 1.165) is 12.6 Å². The van der Waals surface area contributed by atoms with Gasteiger partial charge in [0.2, 0.25) is 5.95 Å². The summed E-state index contributed by atoms with van der Waals surface area (Å²) in [6, 6.07) is 5.70. The predicted molar refractivity (Wildman–Crippen MR) is 72.9 cm³/mol. The third-order valence-electron chi connectivity index (χ3n) is 2.61. The molecule has 104 valence electrons. The van der Waals surface area contributed by atoms with Crippen LogP contribution in [0.1, 0.15) is 13.3 Å². The molecule has 6 nitrogen and oxygen atoms in total. The van der Waals surface area contributed by atoms with Gasteiger partial charge in [0.15, 0.2) is 5.82 Å². The summed E-state index contributed by atoms with van der Waals surface area (Å²) >= 11 is 0. The average Bonchev–Trinajstić information content (AvgIpc) is 2.46.